The van der Waals surface area contributed by atoms with E-state index in [-0.39, 0.29) is 267 Å². The maximum absolute atomic E-state index is 12.6. The summed E-state index contributed by atoms with van der Waals surface area (Å²) >= 11 is 0. The monoisotopic (exact) mass is 2050 g/mol. The third-order valence-electron chi connectivity index (χ3n) is 16.7. The summed E-state index contributed by atoms with van der Waals surface area (Å²) in [5.74, 6) is -2.02. The molecule has 0 bridgehead atoms. The van der Waals surface area contributed by atoms with Crippen LogP contribution in [-0.4, -0.2) is 312 Å². The fourth-order valence-corrected chi connectivity index (χ4v) is 16.0. The zero-order valence-electron chi connectivity index (χ0n) is 67.9. The summed E-state index contributed by atoms with van der Waals surface area (Å²) in [6.07, 6.45) is 4.55. The van der Waals surface area contributed by atoms with Crippen molar-refractivity contribution in [3.8, 4) is 0 Å². The Morgan fingerprint density at radius 1 is 0.231 bits per heavy atom. The van der Waals surface area contributed by atoms with Gasteiger partial charge >= 0.3 is 75.5 Å². The van der Waals surface area contributed by atoms with Crippen LogP contribution in [0.15, 0.2) is 209 Å². The Kier molecular flexibility index (Phi) is 36.2. The van der Waals surface area contributed by atoms with Crippen LogP contribution in [0.1, 0.15) is 22.3 Å². The quantitative estimate of drug-likeness (QED) is 0.0147. The molecular formula is C72H68Ca2N24O28S8. The molecule has 0 radical (unpaired) electrons. The topological polar surface area (TPSA) is 826 Å². The van der Waals surface area contributed by atoms with Crippen LogP contribution < -0.4 is 63.8 Å². The third-order valence-corrected chi connectivity index (χ3v) is 23.7. The van der Waals surface area contributed by atoms with Gasteiger partial charge in [-0.3, -0.25) is 18.2 Å². The molecule has 12 aromatic rings. The van der Waals surface area contributed by atoms with E-state index in [1.165, 1.54) is 97.1 Å². The van der Waals surface area contributed by atoms with Crippen molar-refractivity contribution in [2.24, 2.45) is 0 Å². The van der Waals surface area contributed by atoms with Crippen LogP contribution >= 0.6 is 0 Å². The van der Waals surface area contributed by atoms with Gasteiger partial charge in [0.1, 0.15) is 60.1 Å². The van der Waals surface area contributed by atoms with E-state index in [1.54, 1.807) is 0 Å². The van der Waals surface area contributed by atoms with Gasteiger partial charge in [-0.25, -0.2) is 33.7 Å². The standard InChI is InChI=1S/2C36H36N12O14S4.2Ca/c2*49-15-13-37-31-43-33(39-23-3-1-5-27(17-23)63(51,52)53)47-35(45-31)41-25-11-9-21(29(19-25)65(57,58)59)7-8-22-10-12-26(20-30(22)66(60,61)62)42-36-46-32(38-14-16-50)44-34(48-36)40-24-4-2-6-28(18-24)64(54,55)56;;/h2*1-12,17-20,49-50H,13-16H2,(H,51,52,53)(H,54,55,56)(H,57,58,59)(H,60,61,62)(H3,37,39,41,43,45,47)(H3,38,40,42,44,46,48);;/q;;2*+2/p-4/b2*8-7+;;. The maximum atomic E-state index is 12.6. The van der Waals surface area contributed by atoms with Crippen LogP contribution in [0.5, 0.6) is 0 Å². The zero-order chi connectivity index (χ0) is 95.7. The molecule has 0 spiro atoms. The van der Waals surface area contributed by atoms with E-state index in [2.05, 4.69) is 124 Å². The van der Waals surface area contributed by atoms with Gasteiger partial charge in [-0.15, -0.1) is 0 Å². The Balaban J connectivity index is 0.000000297. The third kappa shape index (κ3) is 31.3. The number of aliphatic hydroxyl groups is 4. The number of rotatable bonds is 40. The first-order valence-electron chi connectivity index (χ1n) is 36.8. The summed E-state index contributed by atoms with van der Waals surface area (Å²) in [4.78, 5) is 45.1. The molecule has 0 aliphatic rings. The molecule has 4 heterocycles. The first kappa shape index (κ1) is 106. The summed E-state index contributed by atoms with van der Waals surface area (Å²) < 4.78 is 280. The molecule has 0 saturated carbocycles. The molecular weight excluding hydrogens is 1990 g/mol. The maximum Gasteiger partial charge on any atom is 2.00 e. The number of aliphatic hydroxyl groups excluding tert-OH is 4. The molecule has 12 rings (SSSR count). The summed E-state index contributed by atoms with van der Waals surface area (Å²) in [7, 11) is -39.2. The van der Waals surface area contributed by atoms with Crippen molar-refractivity contribution in [3.05, 3.63) is 192 Å². The van der Waals surface area contributed by atoms with Crippen LogP contribution in [0, 0.1) is 0 Å². The number of anilines is 20. The molecule has 0 aliphatic carbocycles. The van der Waals surface area contributed by atoms with E-state index in [9.17, 15) is 124 Å². The van der Waals surface area contributed by atoms with Gasteiger partial charge in [0.25, 0.3) is 40.5 Å². The summed E-state index contributed by atoms with van der Waals surface area (Å²) in [5.41, 5.74) is -0.260. The minimum absolute atomic E-state index is 0. The number of hydrogen-bond acceptors (Lipinski definition) is 48. The smallest absolute Gasteiger partial charge is 0.744 e. The molecule has 4 aromatic heterocycles. The number of benzene rings is 8. The molecule has 0 atom stereocenters. The van der Waals surface area contributed by atoms with E-state index >= 15 is 0 Å². The van der Waals surface area contributed by atoms with Crippen LogP contribution in [-0.2, 0) is 80.9 Å². The zero-order valence-corrected chi connectivity index (χ0v) is 78.9. The molecule has 696 valence electrons. The van der Waals surface area contributed by atoms with Crippen molar-refractivity contribution in [2.75, 3.05) is 116 Å². The second kappa shape index (κ2) is 45.7. The average molecular weight is 2050 g/mol. The van der Waals surface area contributed by atoms with Gasteiger partial charge in [0.2, 0.25) is 71.4 Å². The van der Waals surface area contributed by atoms with E-state index in [4.69, 9.17) is 0 Å². The molecule has 62 heteroatoms. The van der Waals surface area contributed by atoms with Gasteiger partial charge in [0, 0.05) is 71.7 Å². The normalized spacial score (nSPS) is 12.0. The Morgan fingerprint density at radius 3 is 0.537 bits per heavy atom. The largest absolute Gasteiger partial charge is 2.00 e. The number of aromatic nitrogens is 12. The minimum Gasteiger partial charge on any atom is -0.744 e. The van der Waals surface area contributed by atoms with E-state index in [1.807, 2.05) is 0 Å². The Hall–Kier alpha value is -11.5. The molecule has 52 nitrogen and oxygen atoms in total. The van der Waals surface area contributed by atoms with E-state index < -0.39 is 120 Å². The number of hydrogen-bond donors (Lipinski definition) is 20. The number of nitrogens with one attached hydrogen (secondary N) is 12. The van der Waals surface area contributed by atoms with E-state index in [0.717, 1.165) is 97.1 Å². The van der Waals surface area contributed by atoms with Crippen molar-refractivity contribution in [1.82, 2.24) is 59.8 Å². The second-order valence-electron chi connectivity index (χ2n) is 26.3. The first-order valence-corrected chi connectivity index (χ1v) is 48.2. The summed E-state index contributed by atoms with van der Waals surface area (Å²) in [5, 5.41) is 70.0. The van der Waals surface area contributed by atoms with Crippen LogP contribution in [0.25, 0.3) is 24.3 Å². The Labute approximate surface area is 821 Å². The predicted octanol–water partition coefficient (Wildman–Crippen LogP) is 3.86. The van der Waals surface area contributed by atoms with Crippen LogP contribution in [0.4, 0.5) is 117 Å². The molecule has 134 heavy (non-hydrogen) atoms. The van der Waals surface area contributed by atoms with Gasteiger partial charge in [0.05, 0.1) is 46.0 Å². The van der Waals surface area contributed by atoms with Crippen molar-refractivity contribution in [1.29, 1.82) is 0 Å². The Bertz CT molecular complexity index is 6570. The first-order chi connectivity index (χ1) is 62.1. The second-order valence-corrected chi connectivity index (χ2v) is 37.4. The van der Waals surface area contributed by atoms with Gasteiger partial charge in [-0.05, 0) is 144 Å². The molecule has 0 amide bonds. The Morgan fingerprint density at radius 2 is 0.388 bits per heavy atom. The van der Waals surface area contributed by atoms with Gasteiger partial charge in [0.15, 0.2) is 0 Å². The van der Waals surface area contributed by atoms with Gasteiger partial charge in [-0.2, -0.15) is 93.5 Å². The fraction of sp³-hybridized carbons (Fsp3) is 0.111. The fourth-order valence-electron chi connectivity index (χ4n) is 11.1. The van der Waals surface area contributed by atoms with Gasteiger partial charge in [-0.1, -0.05) is 72.8 Å². The van der Waals surface area contributed by atoms with Gasteiger partial charge < -0.3 is 102 Å². The van der Waals surface area contributed by atoms with Crippen molar-refractivity contribution in [2.45, 2.75) is 39.2 Å². The van der Waals surface area contributed by atoms with Crippen LogP contribution in [0.3, 0.4) is 0 Å². The van der Waals surface area contributed by atoms with E-state index in [0.29, 0.717) is 0 Å². The molecule has 0 unspecified atom stereocenters. The SMILES string of the molecule is O=S(=O)([O-])c1cccc(Nc2nc(NCCO)nc(Nc3ccc(/C=C/c4ccc(Nc5nc(NCCO)nc(Nc6cccc(S(=O)(=O)[O-])c6)n5)cc4S(=O)(=O)O)c(S(=O)(=O)O)c3)n2)c1.O=S(=O)([O-])c1cccc(Nc2nc(NCCO)nc(Nc3ccc(/C=C/c4ccc(Nc5nc(NCCO)nc(Nc6cccc(S(=O)(=O)[O-])c6)n5)cc4S(=O)(=O)O)c(S(=O)(=O)O)c3)n2)c1.[Ca+2].[Ca+2]. The van der Waals surface area contributed by atoms with Crippen molar-refractivity contribution >= 4 is 298 Å². The molecule has 0 aliphatic heterocycles. The van der Waals surface area contributed by atoms with Crippen molar-refractivity contribution < 1.29 is 124 Å². The molecule has 0 saturated heterocycles. The molecule has 8 aromatic carbocycles. The summed E-state index contributed by atoms with van der Waals surface area (Å²) in [6.45, 7) is -1.35. The van der Waals surface area contributed by atoms with Crippen molar-refractivity contribution in [3.63, 3.8) is 0 Å². The average Bonchev–Trinajstić information content (AvgIpc) is 0.809. The minimum atomic E-state index is -4.99. The molecule has 0 fully saturated rings. The van der Waals surface area contributed by atoms with Crippen LogP contribution in [0.2, 0.25) is 0 Å². The number of nitrogens with zero attached hydrogens (tertiary/aromatic N) is 12. The summed E-state index contributed by atoms with van der Waals surface area (Å²) in [6, 6.07) is 33.7. The predicted molar refractivity (Wildman–Crippen MR) is 480 cm³/mol. The molecule has 20 N–H and O–H groups in total.